The van der Waals surface area contributed by atoms with E-state index < -0.39 is 6.04 Å². The molecule has 1 N–H and O–H groups in total. The molecule has 28 heavy (non-hydrogen) atoms. The fourth-order valence-electron chi connectivity index (χ4n) is 3.33. The molecular weight excluding hydrogens is 376 g/mol. The molecule has 1 aliphatic rings. The van der Waals surface area contributed by atoms with Gasteiger partial charge < -0.3 is 15.0 Å². The summed E-state index contributed by atoms with van der Waals surface area (Å²) in [5.74, 6) is 0.416. The van der Waals surface area contributed by atoms with Gasteiger partial charge in [0.15, 0.2) is 0 Å². The van der Waals surface area contributed by atoms with Crippen LogP contribution >= 0.6 is 11.6 Å². The lowest BCUT2D eigenvalue weighted by atomic mass is 10.1. The number of halogens is 1. The third-order valence-corrected chi connectivity index (χ3v) is 4.97. The van der Waals surface area contributed by atoms with E-state index in [0.29, 0.717) is 18.2 Å². The number of ether oxygens (including phenoxy) is 1. The Balaban J connectivity index is 1.73. The van der Waals surface area contributed by atoms with Crippen LogP contribution in [0.25, 0.3) is 0 Å². The average molecular weight is 401 g/mol. The Morgan fingerprint density at radius 2 is 1.93 bits per heavy atom. The number of unbranched alkanes of at least 4 members (excludes halogenated alkanes) is 2. The smallest absolute Gasteiger partial charge is 0.254 e. The molecule has 0 saturated heterocycles. The van der Waals surface area contributed by atoms with Crippen molar-refractivity contribution in [2.45, 2.75) is 45.7 Å². The number of fused-ring (bicyclic) bond motifs is 1. The highest BCUT2D eigenvalue weighted by atomic mass is 35.5. The lowest BCUT2D eigenvalue weighted by Crippen LogP contribution is -2.36. The molecule has 1 heterocycles. The van der Waals surface area contributed by atoms with Gasteiger partial charge in [-0.1, -0.05) is 43.5 Å². The second-order valence-electron chi connectivity index (χ2n) is 6.96. The van der Waals surface area contributed by atoms with Gasteiger partial charge in [0, 0.05) is 23.2 Å². The Bertz CT molecular complexity index is 851. The second-order valence-corrected chi connectivity index (χ2v) is 7.40. The number of hydrogen-bond acceptors (Lipinski definition) is 3. The quantitative estimate of drug-likeness (QED) is 0.657. The third kappa shape index (κ3) is 4.65. The lowest BCUT2D eigenvalue weighted by Gasteiger charge is -2.18. The maximum absolute atomic E-state index is 12.9. The predicted octanol–water partition coefficient (Wildman–Crippen LogP) is 4.63. The van der Waals surface area contributed by atoms with Crippen LogP contribution < -0.4 is 15.0 Å². The molecule has 1 aliphatic heterocycles. The maximum atomic E-state index is 12.9. The van der Waals surface area contributed by atoms with Gasteiger partial charge in [-0.25, -0.2) is 0 Å². The van der Waals surface area contributed by atoms with Gasteiger partial charge in [-0.3, -0.25) is 9.59 Å². The minimum Gasteiger partial charge on any atom is -0.494 e. The highest BCUT2D eigenvalue weighted by Gasteiger charge is 2.37. The normalized spacial score (nSPS) is 15.5. The summed E-state index contributed by atoms with van der Waals surface area (Å²) in [6.45, 7) is 4.69. The number of anilines is 1. The molecule has 0 bridgehead atoms. The monoisotopic (exact) mass is 400 g/mol. The molecule has 2 amide bonds. The van der Waals surface area contributed by atoms with Crippen LogP contribution in [0.3, 0.4) is 0 Å². The molecule has 1 atom stereocenters. The molecule has 2 aromatic rings. The molecule has 148 valence electrons. The first-order valence-electron chi connectivity index (χ1n) is 9.59. The van der Waals surface area contributed by atoms with Crippen LogP contribution in [0, 0.1) is 0 Å². The first-order valence-corrected chi connectivity index (χ1v) is 9.97. The summed E-state index contributed by atoms with van der Waals surface area (Å²) in [6.07, 6.45) is 3.37. The van der Waals surface area contributed by atoms with Crippen LogP contribution in [-0.2, 0) is 16.1 Å². The highest BCUT2D eigenvalue weighted by Crippen LogP contribution is 2.38. The van der Waals surface area contributed by atoms with Crippen LogP contribution in [0.1, 0.15) is 50.3 Å². The second kappa shape index (κ2) is 9.11. The Hall–Kier alpha value is -2.53. The minimum absolute atomic E-state index is 0.160. The number of amides is 2. The number of carbonyl (C=O) groups is 2. The maximum Gasteiger partial charge on any atom is 0.254 e. The van der Waals surface area contributed by atoms with Crippen molar-refractivity contribution in [3.63, 3.8) is 0 Å². The number of nitrogens with one attached hydrogen (secondary N) is 1. The van der Waals surface area contributed by atoms with Crippen molar-refractivity contribution >= 4 is 29.1 Å². The Morgan fingerprint density at radius 3 is 2.61 bits per heavy atom. The van der Waals surface area contributed by atoms with Gasteiger partial charge in [0.1, 0.15) is 11.8 Å². The number of rotatable bonds is 8. The molecule has 0 aliphatic carbocycles. The van der Waals surface area contributed by atoms with Gasteiger partial charge in [0.2, 0.25) is 5.91 Å². The fourth-order valence-corrected chi connectivity index (χ4v) is 3.51. The zero-order valence-electron chi connectivity index (χ0n) is 16.2. The van der Waals surface area contributed by atoms with Crippen LogP contribution in [-0.4, -0.2) is 18.4 Å². The number of benzene rings is 2. The molecule has 0 spiro atoms. The van der Waals surface area contributed by atoms with Crippen LogP contribution in [0.2, 0.25) is 5.02 Å². The van der Waals surface area contributed by atoms with Gasteiger partial charge in [-0.05, 0) is 42.3 Å². The fraction of sp³-hybridized carbons (Fsp3) is 0.364. The van der Waals surface area contributed by atoms with Crippen molar-refractivity contribution in [1.82, 2.24) is 5.32 Å². The van der Waals surface area contributed by atoms with Gasteiger partial charge in [-0.2, -0.15) is 0 Å². The van der Waals surface area contributed by atoms with E-state index >= 15 is 0 Å². The van der Waals surface area contributed by atoms with E-state index in [1.54, 1.807) is 17.0 Å². The van der Waals surface area contributed by atoms with Gasteiger partial charge in [-0.15, -0.1) is 0 Å². The standard InChI is InChI=1S/C22H25ClN2O3/c1-3-4-5-12-28-18-9-6-16(7-10-18)14-25-20-11-8-17(23)13-19(20)21(22(25)27)24-15(2)26/h6-11,13,21H,3-5,12,14H2,1-2H3,(H,24,26)/t21-/m0/s1. The summed E-state index contributed by atoms with van der Waals surface area (Å²) in [5, 5.41) is 3.26. The third-order valence-electron chi connectivity index (χ3n) is 4.73. The van der Waals surface area contributed by atoms with Crippen molar-refractivity contribution in [2.24, 2.45) is 0 Å². The van der Waals surface area contributed by atoms with E-state index in [9.17, 15) is 9.59 Å². The van der Waals surface area contributed by atoms with E-state index in [-0.39, 0.29) is 11.8 Å². The zero-order chi connectivity index (χ0) is 20.1. The van der Waals surface area contributed by atoms with Crippen molar-refractivity contribution in [3.05, 3.63) is 58.6 Å². The molecule has 0 radical (unpaired) electrons. The van der Waals surface area contributed by atoms with Crippen molar-refractivity contribution in [1.29, 1.82) is 0 Å². The summed E-state index contributed by atoms with van der Waals surface area (Å²) in [6, 6.07) is 12.4. The summed E-state index contributed by atoms with van der Waals surface area (Å²) >= 11 is 6.10. The highest BCUT2D eigenvalue weighted by molar-refractivity contribution is 6.31. The topological polar surface area (TPSA) is 58.6 Å². The molecule has 0 saturated carbocycles. The first kappa shape index (κ1) is 20.2. The molecule has 2 aromatic carbocycles. The minimum atomic E-state index is -0.702. The summed E-state index contributed by atoms with van der Waals surface area (Å²) in [4.78, 5) is 26.2. The summed E-state index contributed by atoms with van der Waals surface area (Å²) in [7, 11) is 0. The zero-order valence-corrected chi connectivity index (χ0v) is 17.0. The Morgan fingerprint density at radius 1 is 1.18 bits per heavy atom. The van der Waals surface area contributed by atoms with Crippen molar-refractivity contribution < 1.29 is 14.3 Å². The molecule has 3 rings (SSSR count). The lowest BCUT2D eigenvalue weighted by molar-refractivity contribution is -0.126. The van der Waals surface area contributed by atoms with Gasteiger partial charge >= 0.3 is 0 Å². The molecule has 0 aromatic heterocycles. The van der Waals surface area contributed by atoms with E-state index in [4.69, 9.17) is 16.3 Å². The number of nitrogens with zero attached hydrogens (tertiary/aromatic N) is 1. The SMILES string of the molecule is CCCCCOc1ccc(CN2C(=O)[C@@H](NC(C)=O)c3cc(Cl)ccc32)cc1. The summed E-state index contributed by atoms with van der Waals surface area (Å²) < 4.78 is 5.74. The molecule has 0 fully saturated rings. The number of hydrogen-bond donors (Lipinski definition) is 1. The predicted molar refractivity (Wildman–Crippen MR) is 111 cm³/mol. The molecule has 5 nitrogen and oxygen atoms in total. The van der Waals surface area contributed by atoms with Crippen molar-refractivity contribution in [3.8, 4) is 5.75 Å². The van der Waals surface area contributed by atoms with Crippen LogP contribution in [0.15, 0.2) is 42.5 Å². The number of carbonyl (C=O) groups excluding carboxylic acids is 2. The molecular formula is C22H25ClN2O3. The van der Waals surface area contributed by atoms with Crippen LogP contribution in [0.4, 0.5) is 5.69 Å². The van der Waals surface area contributed by atoms with E-state index in [1.165, 1.54) is 13.3 Å². The largest absolute Gasteiger partial charge is 0.494 e. The average Bonchev–Trinajstić information content (AvgIpc) is 2.91. The van der Waals surface area contributed by atoms with Gasteiger partial charge in [0.05, 0.1) is 13.2 Å². The first-order chi connectivity index (χ1) is 13.5. The Kier molecular flexibility index (Phi) is 6.57. The molecule has 0 unspecified atom stereocenters. The Labute approximate surface area is 170 Å². The van der Waals surface area contributed by atoms with E-state index in [1.807, 2.05) is 30.3 Å². The van der Waals surface area contributed by atoms with Crippen LogP contribution in [0.5, 0.6) is 5.75 Å². The van der Waals surface area contributed by atoms with Crippen molar-refractivity contribution in [2.75, 3.05) is 11.5 Å². The summed E-state index contributed by atoms with van der Waals surface area (Å²) in [5.41, 5.74) is 2.48. The van der Waals surface area contributed by atoms with Gasteiger partial charge in [0.25, 0.3) is 5.91 Å². The molecule has 6 heteroatoms. The van der Waals surface area contributed by atoms with E-state index in [0.717, 1.165) is 35.4 Å². The van der Waals surface area contributed by atoms with E-state index in [2.05, 4.69) is 12.2 Å².